The third kappa shape index (κ3) is 4.05. The van der Waals surface area contributed by atoms with Crippen molar-refractivity contribution in [1.82, 2.24) is 19.0 Å². The third-order valence-corrected chi connectivity index (χ3v) is 6.81. The molecule has 1 aliphatic heterocycles. The first-order chi connectivity index (χ1) is 12.7. The van der Waals surface area contributed by atoms with Gasteiger partial charge < -0.3 is 10.0 Å². The van der Waals surface area contributed by atoms with E-state index in [0.29, 0.717) is 11.4 Å². The standard InChI is InChI=1S/C18H24N4O4S/c1-20(2)27(25,26)12-14-10-22(11-17(14)23)18(24)16-9-15(19-21(16)3)13-7-5-4-6-8-13/h4-9,14,17,23H,10-12H2,1-3H3/t14-,17+/m0/s1. The maximum atomic E-state index is 12.9. The molecule has 1 saturated heterocycles. The number of hydrogen-bond acceptors (Lipinski definition) is 5. The SMILES string of the molecule is CN(C)S(=O)(=O)C[C@@H]1CN(C(=O)c2cc(-c3ccccc3)nn2C)C[C@H]1O. The van der Waals surface area contributed by atoms with Crippen LogP contribution >= 0.6 is 0 Å². The predicted molar refractivity (Wildman–Crippen MR) is 102 cm³/mol. The number of benzene rings is 1. The molecule has 2 aromatic rings. The van der Waals surface area contributed by atoms with Gasteiger partial charge in [-0.1, -0.05) is 30.3 Å². The molecule has 0 aliphatic carbocycles. The maximum absolute atomic E-state index is 12.9. The number of amides is 1. The molecule has 1 aliphatic rings. The zero-order valence-electron chi connectivity index (χ0n) is 15.6. The number of sulfonamides is 1. The summed E-state index contributed by atoms with van der Waals surface area (Å²) in [6.07, 6.45) is -0.870. The largest absolute Gasteiger partial charge is 0.391 e. The van der Waals surface area contributed by atoms with E-state index in [9.17, 15) is 18.3 Å². The first kappa shape index (κ1) is 19.5. The first-order valence-electron chi connectivity index (χ1n) is 8.66. The minimum Gasteiger partial charge on any atom is -0.391 e. The molecule has 9 heteroatoms. The van der Waals surface area contributed by atoms with Crippen molar-refractivity contribution in [2.24, 2.45) is 13.0 Å². The zero-order chi connectivity index (χ0) is 19.8. The number of aromatic nitrogens is 2. The Labute approximate surface area is 159 Å². The number of β-amino-alcohol motifs (C(OH)–C–C–N with tert-alkyl or cyclic N) is 1. The lowest BCUT2D eigenvalue weighted by Gasteiger charge is -2.18. The fourth-order valence-corrected chi connectivity index (χ4v) is 4.35. The van der Waals surface area contributed by atoms with Gasteiger partial charge in [0.2, 0.25) is 10.0 Å². The molecule has 0 spiro atoms. The molecule has 27 heavy (non-hydrogen) atoms. The van der Waals surface area contributed by atoms with Gasteiger partial charge in [0.05, 0.1) is 17.6 Å². The van der Waals surface area contributed by atoms with E-state index in [4.69, 9.17) is 0 Å². The van der Waals surface area contributed by atoms with Crippen molar-refractivity contribution in [1.29, 1.82) is 0 Å². The summed E-state index contributed by atoms with van der Waals surface area (Å²) in [5, 5.41) is 14.7. The Morgan fingerprint density at radius 1 is 1.26 bits per heavy atom. The molecule has 0 bridgehead atoms. The number of carbonyl (C=O) groups excluding carboxylic acids is 1. The first-order valence-corrected chi connectivity index (χ1v) is 10.3. The molecule has 0 radical (unpaired) electrons. The molecule has 1 aromatic heterocycles. The van der Waals surface area contributed by atoms with Gasteiger partial charge in [-0.15, -0.1) is 0 Å². The van der Waals surface area contributed by atoms with Crippen LogP contribution in [0.1, 0.15) is 10.5 Å². The van der Waals surface area contributed by atoms with Crippen LogP contribution in [0.4, 0.5) is 0 Å². The Bertz CT molecular complexity index is 924. The monoisotopic (exact) mass is 392 g/mol. The van der Waals surface area contributed by atoms with Crippen LogP contribution in [0.2, 0.25) is 0 Å². The van der Waals surface area contributed by atoms with E-state index in [1.54, 1.807) is 13.1 Å². The van der Waals surface area contributed by atoms with Gasteiger partial charge in [-0.2, -0.15) is 5.10 Å². The van der Waals surface area contributed by atoms with Crippen molar-refractivity contribution in [2.45, 2.75) is 6.10 Å². The van der Waals surface area contributed by atoms with Crippen molar-refractivity contribution in [2.75, 3.05) is 32.9 Å². The molecule has 0 unspecified atom stereocenters. The van der Waals surface area contributed by atoms with E-state index in [-0.39, 0.29) is 24.7 Å². The van der Waals surface area contributed by atoms with Crippen LogP contribution in [-0.2, 0) is 17.1 Å². The number of aliphatic hydroxyl groups is 1. The summed E-state index contributed by atoms with van der Waals surface area (Å²) in [6.45, 7) is 0.303. The Balaban J connectivity index is 1.76. The average Bonchev–Trinajstić information content (AvgIpc) is 3.18. The number of aliphatic hydroxyl groups excluding tert-OH is 1. The van der Waals surface area contributed by atoms with Crippen LogP contribution in [0.5, 0.6) is 0 Å². The normalized spacial score (nSPS) is 20.4. The van der Waals surface area contributed by atoms with Crippen LogP contribution in [0, 0.1) is 5.92 Å². The quantitative estimate of drug-likeness (QED) is 0.795. The Hall–Kier alpha value is -2.23. The van der Waals surface area contributed by atoms with Gasteiger partial charge in [0.25, 0.3) is 5.91 Å². The van der Waals surface area contributed by atoms with Crippen LogP contribution in [0.15, 0.2) is 36.4 Å². The zero-order valence-corrected chi connectivity index (χ0v) is 16.4. The van der Waals surface area contributed by atoms with E-state index in [1.165, 1.54) is 23.7 Å². The highest BCUT2D eigenvalue weighted by atomic mass is 32.2. The van der Waals surface area contributed by atoms with Crippen LogP contribution in [0.3, 0.4) is 0 Å². The lowest BCUT2D eigenvalue weighted by Crippen LogP contribution is -2.34. The summed E-state index contributed by atoms with van der Waals surface area (Å²) < 4.78 is 26.8. The Kier molecular flexibility index (Phi) is 5.36. The minimum absolute atomic E-state index is 0.109. The summed E-state index contributed by atoms with van der Waals surface area (Å²) in [5.41, 5.74) is 1.99. The Morgan fingerprint density at radius 2 is 1.93 bits per heavy atom. The van der Waals surface area contributed by atoms with Crippen LogP contribution in [-0.4, -0.2) is 77.5 Å². The molecule has 0 saturated carbocycles. The lowest BCUT2D eigenvalue weighted by molar-refractivity contribution is 0.0754. The van der Waals surface area contributed by atoms with Crippen molar-refractivity contribution in [3.05, 3.63) is 42.1 Å². The van der Waals surface area contributed by atoms with Crippen molar-refractivity contribution in [3.63, 3.8) is 0 Å². The topological polar surface area (TPSA) is 95.7 Å². The molecule has 1 N–H and O–H groups in total. The third-order valence-electron chi connectivity index (χ3n) is 4.84. The summed E-state index contributed by atoms with van der Waals surface area (Å²) in [6, 6.07) is 11.3. The van der Waals surface area contributed by atoms with Gasteiger partial charge in [0.1, 0.15) is 5.69 Å². The van der Waals surface area contributed by atoms with Crippen molar-refractivity contribution >= 4 is 15.9 Å². The molecule has 1 fully saturated rings. The molecular weight excluding hydrogens is 368 g/mol. The van der Waals surface area contributed by atoms with Crippen LogP contribution in [0.25, 0.3) is 11.3 Å². The van der Waals surface area contributed by atoms with Gasteiger partial charge in [0, 0.05) is 45.7 Å². The van der Waals surface area contributed by atoms with Gasteiger partial charge in [-0.05, 0) is 6.07 Å². The minimum atomic E-state index is -3.45. The second-order valence-corrected chi connectivity index (χ2v) is 9.23. The van der Waals surface area contributed by atoms with E-state index in [0.717, 1.165) is 9.87 Å². The molecule has 2 heterocycles. The Morgan fingerprint density at radius 3 is 2.56 bits per heavy atom. The summed E-state index contributed by atoms with van der Waals surface area (Å²) in [5.74, 6) is -0.967. The fraction of sp³-hybridized carbons (Fsp3) is 0.444. The van der Waals surface area contributed by atoms with Crippen molar-refractivity contribution < 1.29 is 18.3 Å². The van der Waals surface area contributed by atoms with E-state index in [1.807, 2.05) is 30.3 Å². The number of carbonyl (C=O) groups is 1. The molecule has 8 nitrogen and oxygen atoms in total. The molecule has 1 amide bonds. The smallest absolute Gasteiger partial charge is 0.272 e. The van der Waals surface area contributed by atoms with Gasteiger partial charge in [-0.3, -0.25) is 9.48 Å². The number of rotatable bonds is 5. The van der Waals surface area contributed by atoms with E-state index >= 15 is 0 Å². The van der Waals surface area contributed by atoms with Gasteiger partial charge in [0.15, 0.2) is 0 Å². The molecule has 2 atom stereocenters. The molecule has 146 valence electrons. The number of hydrogen-bond donors (Lipinski definition) is 1. The second-order valence-electron chi connectivity index (χ2n) is 7.00. The van der Waals surface area contributed by atoms with Gasteiger partial charge in [-0.25, -0.2) is 12.7 Å². The summed E-state index contributed by atoms with van der Waals surface area (Å²) in [7, 11) is 1.16. The predicted octanol–water partition coefficient (Wildman–Crippen LogP) is 0.411. The van der Waals surface area contributed by atoms with E-state index < -0.39 is 22.0 Å². The molecule has 1 aromatic carbocycles. The van der Waals surface area contributed by atoms with Crippen molar-refractivity contribution in [3.8, 4) is 11.3 Å². The summed E-state index contributed by atoms with van der Waals surface area (Å²) in [4.78, 5) is 14.4. The second kappa shape index (κ2) is 7.41. The highest BCUT2D eigenvalue weighted by Crippen LogP contribution is 2.24. The summed E-state index contributed by atoms with van der Waals surface area (Å²) >= 11 is 0. The molecular formula is C18H24N4O4S. The van der Waals surface area contributed by atoms with E-state index in [2.05, 4.69) is 5.10 Å². The number of nitrogens with zero attached hydrogens (tertiary/aromatic N) is 4. The fourth-order valence-electron chi connectivity index (χ4n) is 3.18. The number of likely N-dealkylation sites (tertiary alicyclic amines) is 1. The van der Waals surface area contributed by atoms with Gasteiger partial charge >= 0.3 is 0 Å². The lowest BCUT2D eigenvalue weighted by atomic mass is 10.1. The average molecular weight is 392 g/mol. The van der Waals surface area contributed by atoms with Crippen LogP contribution < -0.4 is 0 Å². The maximum Gasteiger partial charge on any atom is 0.272 e. The highest BCUT2D eigenvalue weighted by molar-refractivity contribution is 7.89. The highest BCUT2D eigenvalue weighted by Gasteiger charge is 2.38. The number of aryl methyl sites for hydroxylation is 1. The molecule has 3 rings (SSSR count).